The summed E-state index contributed by atoms with van der Waals surface area (Å²) in [6.45, 7) is 5.94. The van der Waals surface area contributed by atoms with E-state index in [9.17, 15) is 4.79 Å². The van der Waals surface area contributed by atoms with E-state index in [4.69, 9.17) is 4.42 Å². The van der Waals surface area contributed by atoms with E-state index in [1.165, 1.54) is 0 Å². The number of carbonyl (C=O) groups is 1. The molecule has 7 heteroatoms. The Balaban J connectivity index is 1.80. The van der Waals surface area contributed by atoms with E-state index < -0.39 is 0 Å². The van der Waals surface area contributed by atoms with Crippen molar-refractivity contribution in [2.75, 3.05) is 5.32 Å². The van der Waals surface area contributed by atoms with E-state index in [2.05, 4.69) is 20.6 Å². The van der Waals surface area contributed by atoms with Crippen molar-refractivity contribution >= 4 is 11.9 Å². The SMILES string of the molecule is Cc1cccc(C(=O)Nc2nnc(-c3ccnn3C(C)C)o2)c1. The molecule has 118 valence electrons. The average Bonchev–Trinajstić information content (AvgIpc) is 3.15. The number of aromatic nitrogens is 4. The third kappa shape index (κ3) is 3.13. The van der Waals surface area contributed by atoms with Crippen molar-refractivity contribution in [1.82, 2.24) is 20.0 Å². The van der Waals surface area contributed by atoms with Gasteiger partial charge < -0.3 is 4.42 Å². The Hall–Kier alpha value is -2.96. The van der Waals surface area contributed by atoms with Crippen molar-refractivity contribution in [3.63, 3.8) is 0 Å². The van der Waals surface area contributed by atoms with Gasteiger partial charge in [0.1, 0.15) is 5.69 Å². The number of hydrogen-bond donors (Lipinski definition) is 1. The fourth-order valence-corrected chi connectivity index (χ4v) is 2.23. The maximum atomic E-state index is 12.2. The van der Waals surface area contributed by atoms with E-state index in [1.54, 1.807) is 29.1 Å². The normalized spacial score (nSPS) is 11.0. The predicted molar refractivity (Wildman–Crippen MR) is 85.0 cm³/mol. The number of aryl methyl sites for hydroxylation is 1. The van der Waals surface area contributed by atoms with Gasteiger partial charge in [0, 0.05) is 17.8 Å². The number of nitrogens with one attached hydrogen (secondary N) is 1. The molecule has 1 N–H and O–H groups in total. The molecule has 0 saturated heterocycles. The molecular formula is C16H17N5O2. The molecule has 2 heterocycles. The van der Waals surface area contributed by atoms with Crippen LogP contribution in [-0.2, 0) is 0 Å². The molecule has 0 aliphatic heterocycles. The van der Waals surface area contributed by atoms with Gasteiger partial charge in [0.05, 0.1) is 0 Å². The zero-order valence-corrected chi connectivity index (χ0v) is 13.1. The van der Waals surface area contributed by atoms with Crippen LogP contribution >= 0.6 is 0 Å². The largest absolute Gasteiger partial charge is 0.401 e. The van der Waals surface area contributed by atoms with Crippen LogP contribution in [0.25, 0.3) is 11.6 Å². The van der Waals surface area contributed by atoms with Gasteiger partial charge in [-0.1, -0.05) is 22.8 Å². The lowest BCUT2D eigenvalue weighted by atomic mass is 10.1. The molecule has 0 fully saturated rings. The Morgan fingerprint density at radius 1 is 1.26 bits per heavy atom. The van der Waals surface area contributed by atoms with E-state index in [0.717, 1.165) is 5.56 Å². The Morgan fingerprint density at radius 2 is 2.09 bits per heavy atom. The summed E-state index contributed by atoms with van der Waals surface area (Å²) in [5.41, 5.74) is 2.25. The number of hydrogen-bond acceptors (Lipinski definition) is 5. The molecule has 23 heavy (non-hydrogen) atoms. The lowest BCUT2D eigenvalue weighted by Crippen LogP contribution is -2.12. The lowest BCUT2D eigenvalue weighted by molar-refractivity contribution is 0.102. The highest BCUT2D eigenvalue weighted by molar-refractivity contribution is 6.03. The molecule has 0 atom stereocenters. The van der Waals surface area contributed by atoms with Crippen LogP contribution in [0.15, 0.2) is 40.9 Å². The van der Waals surface area contributed by atoms with Crippen LogP contribution in [0.2, 0.25) is 0 Å². The molecule has 1 amide bonds. The van der Waals surface area contributed by atoms with Crippen LogP contribution in [-0.4, -0.2) is 25.9 Å². The molecule has 0 unspecified atom stereocenters. The fraction of sp³-hybridized carbons (Fsp3) is 0.250. The molecule has 1 aromatic carbocycles. The first-order valence-corrected chi connectivity index (χ1v) is 7.30. The highest BCUT2D eigenvalue weighted by Gasteiger charge is 2.16. The number of anilines is 1. The second-order valence-electron chi connectivity index (χ2n) is 5.49. The molecule has 0 saturated carbocycles. The van der Waals surface area contributed by atoms with E-state index in [1.807, 2.05) is 32.9 Å². The number of rotatable bonds is 4. The second-order valence-corrected chi connectivity index (χ2v) is 5.49. The van der Waals surface area contributed by atoms with E-state index in [-0.39, 0.29) is 18.0 Å². The minimum absolute atomic E-state index is 0.0583. The molecule has 0 spiro atoms. The van der Waals surface area contributed by atoms with Crippen molar-refractivity contribution < 1.29 is 9.21 Å². The first kappa shape index (κ1) is 15.0. The molecule has 7 nitrogen and oxygen atoms in total. The van der Waals surface area contributed by atoms with Crippen molar-refractivity contribution in [2.24, 2.45) is 0 Å². The Labute approximate surface area is 133 Å². The smallest absolute Gasteiger partial charge is 0.322 e. The topological polar surface area (TPSA) is 85.8 Å². The molecule has 0 aliphatic rings. The summed E-state index contributed by atoms with van der Waals surface area (Å²) < 4.78 is 7.30. The first-order chi connectivity index (χ1) is 11.0. The maximum Gasteiger partial charge on any atom is 0.322 e. The van der Waals surface area contributed by atoms with Crippen molar-refractivity contribution in [3.8, 4) is 11.6 Å². The van der Waals surface area contributed by atoms with Gasteiger partial charge in [0.15, 0.2) is 0 Å². The summed E-state index contributed by atoms with van der Waals surface area (Å²) in [7, 11) is 0. The van der Waals surface area contributed by atoms with Crippen LogP contribution in [0.3, 0.4) is 0 Å². The lowest BCUT2D eigenvalue weighted by Gasteiger charge is -2.07. The average molecular weight is 311 g/mol. The van der Waals surface area contributed by atoms with Gasteiger partial charge >= 0.3 is 6.01 Å². The van der Waals surface area contributed by atoms with Gasteiger partial charge in [0.2, 0.25) is 0 Å². The number of nitrogens with zero attached hydrogens (tertiary/aromatic N) is 4. The van der Waals surface area contributed by atoms with Crippen molar-refractivity contribution in [1.29, 1.82) is 0 Å². The van der Waals surface area contributed by atoms with Crippen molar-refractivity contribution in [3.05, 3.63) is 47.7 Å². The highest BCUT2D eigenvalue weighted by atomic mass is 16.4. The van der Waals surface area contributed by atoms with Gasteiger partial charge in [0.25, 0.3) is 11.8 Å². The summed E-state index contributed by atoms with van der Waals surface area (Å²) in [5, 5.41) is 14.7. The molecule has 3 aromatic rings. The van der Waals surface area contributed by atoms with Gasteiger partial charge in [-0.05, 0) is 39.0 Å². The van der Waals surface area contributed by atoms with Crippen LogP contribution in [0.4, 0.5) is 6.01 Å². The van der Waals surface area contributed by atoms with E-state index >= 15 is 0 Å². The van der Waals surface area contributed by atoms with E-state index in [0.29, 0.717) is 17.1 Å². The summed E-state index contributed by atoms with van der Waals surface area (Å²) in [6, 6.07) is 9.28. The van der Waals surface area contributed by atoms with Crippen LogP contribution in [0.1, 0.15) is 35.8 Å². The van der Waals surface area contributed by atoms with Gasteiger partial charge in [-0.3, -0.25) is 14.8 Å². The van der Waals surface area contributed by atoms with Crippen LogP contribution < -0.4 is 5.32 Å². The zero-order chi connectivity index (χ0) is 16.4. The van der Waals surface area contributed by atoms with Gasteiger partial charge in [-0.2, -0.15) is 5.10 Å². The highest BCUT2D eigenvalue weighted by Crippen LogP contribution is 2.22. The molecule has 0 bridgehead atoms. The van der Waals surface area contributed by atoms with Crippen LogP contribution in [0.5, 0.6) is 0 Å². The second kappa shape index (κ2) is 6.04. The quantitative estimate of drug-likeness (QED) is 0.800. The Kier molecular flexibility index (Phi) is 3.92. The zero-order valence-electron chi connectivity index (χ0n) is 13.1. The minimum atomic E-state index is -0.290. The Bertz CT molecular complexity index is 834. The summed E-state index contributed by atoms with van der Waals surface area (Å²) in [4.78, 5) is 12.2. The van der Waals surface area contributed by atoms with Gasteiger partial charge in [-0.15, -0.1) is 5.10 Å². The standard InChI is InChI=1S/C16H17N5O2/c1-10(2)21-13(7-8-17-21)15-19-20-16(23-15)18-14(22)12-6-4-5-11(3)9-12/h4-10H,1-3H3,(H,18,20,22). The van der Waals surface area contributed by atoms with Crippen LogP contribution in [0, 0.1) is 6.92 Å². The fourth-order valence-electron chi connectivity index (χ4n) is 2.23. The third-order valence-electron chi connectivity index (χ3n) is 3.30. The van der Waals surface area contributed by atoms with Gasteiger partial charge in [-0.25, -0.2) is 0 Å². The first-order valence-electron chi connectivity index (χ1n) is 7.30. The summed E-state index contributed by atoms with van der Waals surface area (Å²) in [5.74, 6) is 0.0250. The predicted octanol–water partition coefficient (Wildman–Crippen LogP) is 3.07. The molecule has 2 aromatic heterocycles. The van der Waals surface area contributed by atoms with Crippen molar-refractivity contribution in [2.45, 2.75) is 26.8 Å². The monoisotopic (exact) mass is 311 g/mol. The molecule has 0 radical (unpaired) electrons. The number of carbonyl (C=O) groups excluding carboxylic acids is 1. The summed E-state index contributed by atoms with van der Waals surface area (Å²) >= 11 is 0. The Morgan fingerprint density at radius 3 is 2.83 bits per heavy atom. The third-order valence-corrected chi connectivity index (χ3v) is 3.30. The molecular weight excluding hydrogens is 294 g/mol. The summed E-state index contributed by atoms with van der Waals surface area (Å²) in [6.07, 6.45) is 1.67. The minimum Gasteiger partial charge on any atom is -0.401 e. The number of amides is 1. The molecule has 3 rings (SSSR count). The number of benzene rings is 1. The maximum absolute atomic E-state index is 12.2. The molecule has 0 aliphatic carbocycles.